The van der Waals surface area contributed by atoms with Crippen LogP contribution < -0.4 is 16.0 Å². The Morgan fingerprint density at radius 3 is 2.75 bits per heavy atom. The number of carbonyl (C=O) groups is 1. The highest BCUT2D eigenvalue weighted by Gasteiger charge is 2.06. The molecule has 1 aromatic carbocycles. The van der Waals surface area contributed by atoms with Crippen molar-refractivity contribution in [2.24, 2.45) is 5.84 Å². The highest BCUT2D eigenvalue weighted by Crippen LogP contribution is 2.22. The summed E-state index contributed by atoms with van der Waals surface area (Å²) in [5.41, 5.74) is 3.81. The van der Waals surface area contributed by atoms with E-state index in [0.717, 1.165) is 17.0 Å². The maximum atomic E-state index is 11.1. The van der Waals surface area contributed by atoms with Crippen LogP contribution in [0.25, 0.3) is 11.3 Å². The standard InChI is InChI=1S/C13H14N4O2S/c1-19-10-4-2-9(3-5-10)11-6-7-15-13(16-11)20-8-12(18)17-14/h2-7H,8,14H2,1H3,(H,17,18). The topological polar surface area (TPSA) is 90.1 Å². The summed E-state index contributed by atoms with van der Waals surface area (Å²) in [5, 5.41) is 0.530. The molecule has 1 heterocycles. The monoisotopic (exact) mass is 290 g/mol. The van der Waals surface area contributed by atoms with Gasteiger partial charge in [-0.05, 0) is 30.3 Å². The zero-order valence-electron chi connectivity index (χ0n) is 10.9. The molecule has 0 unspecified atom stereocenters. The molecule has 0 bridgehead atoms. The van der Waals surface area contributed by atoms with Gasteiger partial charge in [-0.25, -0.2) is 15.8 Å². The maximum Gasteiger partial charge on any atom is 0.244 e. The second kappa shape index (κ2) is 6.88. The van der Waals surface area contributed by atoms with Crippen LogP contribution in [0.3, 0.4) is 0 Å². The Morgan fingerprint density at radius 2 is 2.10 bits per heavy atom. The second-order valence-corrected chi connectivity index (χ2v) is 4.75. The molecule has 0 fully saturated rings. The summed E-state index contributed by atoms with van der Waals surface area (Å²) in [4.78, 5) is 19.6. The van der Waals surface area contributed by atoms with Gasteiger partial charge in [0.2, 0.25) is 5.91 Å². The predicted octanol–water partition coefficient (Wildman–Crippen LogP) is 1.23. The minimum atomic E-state index is -0.270. The number of methoxy groups -OCH3 is 1. The normalized spacial score (nSPS) is 10.1. The van der Waals surface area contributed by atoms with Gasteiger partial charge in [0.1, 0.15) is 5.75 Å². The van der Waals surface area contributed by atoms with E-state index in [1.165, 1.54) is 11.8 Å². The maximum absolute atomic E-state index is 11.1. The largest absolute Gasteiger partial charge is 0.497 e. The Balaban J connectivity index is 2.13. The van der Waals surface area contributed by atoms with Gasteiger partial charge in [-0.15, -0.1) is 0 Å². The van der Waals surface area contributed by atoms with Crippen LogP contribution in [0.2, 0.25) is 0 Å². The number of rotatable bonds is 5. The van der Waals surface area contributed by atoms with E-state index in [4.69, 9.17) is 10.6 Å². The molecule has 2 rings (SSSR count). The van der Waals surface area contributed by atoms with E-state index in [1.54, 1.807) is 13.3 Å². The van der Waals surface area contributed by atoms with Crippen molar-refractivity contribution in [3.05, 3.63) is 36.5 Å². The zero-order valence-corrected chi connectivity index (χ0v) is 11.7. The lowest BCUT2D eigenvalue weighted by atomic mass is 10.1. The first-order valence-corrected chi connectivity index (χ1v) is 6.81. The van der Waals surface area contributed by atoms with Gasteiger partial charge >= 0.3 is 0 Å². The van der Waals surface area contributed by atoms with Gasteiger partial charge < -0.3 is 4.74 Å². The van der Waals surface area contributed by atoms with Crippen LogP contribution in [-0.4, -0.2) is 28.7 Å². The average molecular weight is 290 g/mol. The molecule has 104 valence electrons. The lowest BCUT2D eigenvalue weighted by molar-refractivity contribution is -0.118. The minimum absolute atomic E-state index is 0.183. The van der Waals surface area contributed by atoms with Crippen molar-refractivity contribution in [3.8, 4) is 17.0 Å². The molecule has 0 radical (unpaired) electrons. The zero-order chi connectivity index (χ0) is 14.4. The number of ether oxygens (including phenoxy) is 1. The molecular formula is C13H14N4O2S. The van der Waals surface area contributed by atoms with Crippen LogP contribution >= 0.6 is 11.8 Å². The molecule has 7 heteroatoms. The Morgan fingerprint density at radius 1 is 1.35 bits per heavy atom. The van der Waals surface area contributed by atoms with Gasteiger partial charge in [-0.1, -0.05) is 11.8 Å². The Bertz CT molecular complexity index is 589. The molecule has 1 amide bonds. The molecule has 0 saturated heterocycles. The molecule has 0 spiro atoms. The van der Waals surface area contributed by atoms with Crippen LogP contribution in [-0.2, 0) is 4.79 Å². The van der Waals surface area contributed by atoms with E-state index < -0.39 is 0 Å². The van der Waals surface area contributed by atoms with Crippen LogP contribution in [0.4, 0.5) is 0 Å². The number of hydrogen-bond donors (Lipinski definition) is 2. The summed E-state index contributed by atoms with van der Waals surface area (Å²) in [6.07, 6.45) is 1.66. The van der Waals surface area contributed by atoms with Crippen LogP contribution in [0.15, 0.2) is 41.7 Å². The average Bonchev–Trinajstić information content (AvgIpc) is 2.53. The number of aromatic nitrogens is 2. The lowest BCUT2D eigenvalue weighted by Crippen LogP contribution is -2.31. The Hall–Kier alpha value is -2.12. The summed E-state index contributed by atoms with van der Waals surface area (Å²) in [6.45, 7) is 0. The van der Waals surface area contributed by atoms with E-state index in [-0.39, 0.29) is 11.7 Å². The molecule has 3 N–H and O–H groups in total. The molecule has 0 saturated carbocycles. The number of amides is 1. The Kier molecular flexibility index (Phi) is 4.91. The predicted molar refractivity (Wildman–Crippen MR) is 77.1 cm³/mol. The summed E-state index contributed by atoms with van der Waals surface area (Å²) < 4.78 is 5.11. The molecule has 6 nitrogen and oxygen atoms in total. The fourth-order valence-electron chi connectivity index (χ4n) is 1.50. The van der Waals surface area contributed by atoms with E-state index in [2.05, 4.69) is 15.4 Å². The number of thioether (sulfide) groups is 1. The smallest absolute Gasteiger partial charge is 0.244 e. The molecule has 0 atom stereocenters. The van der Waals surface area contributed by atoms with Crippen molar-refractivity contribution in [2.45, 2.75) is 5.16 Å². The van der Waals surface area contributed by atoms with Crippen molar-refractivity contribution in [3.63, 3.8) is 0 Å². The van der Waals surface area contributed by atoms with Gasteiger partial charge in [-0.3, -0.25) is 10.2 Å². The quantitative estimate of drug-likeness (QED) is 0.283. The highest BCUT2D eigenvalue weighted by atomic mass is 32.2. The van der Waals surface area contributed by atoms with Gasteiger partial charge in [0.25, 0.3) is 0 Å². The fourth-order valence-corrected chi connectivity index (χ4v) is 2.15. The van der Waals surface area contributed by atoms with E-state index in [0.29, 0.717) is 5.16 Å². The molecule has 2 aromatic rings. The Labute approximate surface area is 120 Å². The minimum Gasteiger partial charge on any atom is -0.497 e. The fraction of sp³-hybridized carbons (Fsp3) is 0.154. The number of carbonyl (C=O) groups excluding carboxylic acids is 1. The van der Waals surface area contributed by atoms with Crippen molar-refractivity contribution in [2.75, 3.05) is 12.9 Å². The summed E-state index contributed by atoms with van der Waals surface area (Å²) in [7, 11) is 1.62. The van der Waals surface area contributed by atoms with Gasteiger partial charge in [0, 0.05) is 11.8 Å². The van der Waals surface area contributed by atoms with Crippen molar-refractivity contribution in [1.29, 1.82) is 0 Å². The third-order valence-corrected chi connectivity index (χ3v) is 3.37. The van der Waals surface area contributed by atoms with Gasteiger partial charge in [0.05, 0.1) is 18.6 Å². The number of nitrogens with zero attached hydrogens (tertiary/aromatic N) is 2. The van der Waals surface area contributed by atoms with Crippen molar-refractivity contribution >= 4 is 17.7 Å². The van der Waals surface area contributed by atoms with Gasteiger partial charge in [0.15, 0.2) is 5.16 Å². The number of benzene rings is 1. The number of hydrazine groups is 1. The first kappa shape index (κ1) is 14.3. The van der Waals surface area contributed by atoms with Crippen molar-refractivity contribution in [1.82, 2.24) is 15.4 Å². The van der Waals surface area contributed by atoms with Gasteiger partial charge in [-0.2, -0.15) is 0 Å². The first-order chi connectivity index (χ1) is 9.72. The summed E-state index contributed by atoms with van der Waals surface area (Å²) in [6, 6.07) is 9.39. The van der Waals surface area contributed by atoms with Crippen LogP contribution in [0.5, 0.6) is 5.75 Å². The molecule has 20 heavy (non-hydrogen) atoms. The number of nitrogens with two attached hydrogens (primary N) is 1. The third kappa shape index (κ3) is 3.69. The SMILES string of the molecule is COc1ccc(-c2ccnc(SCC(=O)NN)n2)cc1. The molecule has 1 aromatic heterocycles. The lowest BCUT2D eigenvalue weighted by Gasteiger charge is -2.04. The van der Waals surface area contributed by atoms with E-state index in [1.807, 2.05) is 30.3 Å². The van der Waals surface area contributed by atoms with E-state index >= 15 is 0 Å². The second-order valence-electron chi connectivity index (χ2n) is 3.81. The van der Waals surface area contributed by atoms with Crippen molar-refractivity contribution < 1.29 is 9.53 Å². The summed E-state index contributed by atoms with van der Waals surface area (Å²) >= 11 is 1.23. The first-order valence-electron chi connectivity index (χ1n) is 5.82. The number of nitrogens with one attached hydrogen (secondary N) is 1. The van der Waals surface area contributed by atoms with E-state index in [9.17, 15) is 4.79 Å². The molecule has 0 aliphatic rings. The molecular weight excluding hydrogens is 276 g/mol. The third-order valence-electron chi connectivity index (χ3n) is 2.51. The molecule has 0 aliphatic carbocycles. The highest BCUT2D eigenvalue weighted by molar-refractivity contribution is 7.99. The summed E-state index contributed by atoms with van der Waals surface area (Å²) in [5.74, 6) is 5.72. The van der Waals surface area contributed by atoms with Crippen LogP contribution in [0.1, 0.15) is 0 Å². The molecule has 0 aliphatic heterocycles. The number of hydrogen-bond acceptors (Lipinski definition) is 6. The van der Waals surface area contributed by atoms with Crippen LogP contribution in [0, 0.1) is 0 Å².